The van der Waals surface area contributed by atoms with Crippen LogP contribution in [0.15, 0.2) is 18.6 Å². The maximum Gasteiger partial charge on any atom is 0.391 e. The van der Waals surface area contributed by atoms with Crippen molar-refractivity contribution in [3.05, 3.63) is 24.3 Å². The molecule has 2 atom stereocenters. The Morgan fingerprint density at radius 2 is 2.17 bits per heavy atom. The fraction of sp³-hybridized carbons (Fsp3) is 0.667. The molecule has 0 spiro atoms. The molecular weight excluding hydrogens is 243 g/mol. The first-order valence-corrected chi connectivity index (χ1v) is 6.10. The molecule has 0 amide bonds. The summed E-state index contributed by atoms with van der Waals surface area (Å²) in [7, 11) is 0. The molecule has 1 aliphatic carbocycles. The van der Waals surface area contributed by atoms with E-state index in [1.807, 2.05) is 0 Å². The van der Waals surface area contributed by atoms with Crippen molar-refractivity contribution in [3.8, 4) is 0 Å². The van der Waals surface area contributed by atoms with Gasteiger partial charge < -0.3 is 5.32 Å². The van der Waals surface area contributed by atoms with Crippen molar-refractivity contribution < 1.29 is 13.2 Å². The van der Waals surface area contributed by atoms with Crippen LogP contribution in [0.5, 0.6) is 0 Å². The van der Waals surface area contributed by atoms with Crippen LogP contribution in [0.3, 0.4) is 0 Å². The normalized spacial score (nSPS) is 25.1. The van der Waals surface area contributed by atoms with Gasteiger partial charge in [0.1, 0.15) is 6.33 Å². The minimum Gasteiger partial charge on any atom is -0.308 e. The number of nitrogens with one attached hydrogen (secondary N) is 1. The van der Waals surface area contributed by atoms with Gasteiger partial charge in [-0.15, -0.1) is 0 Å². The fourth-order valence-electron chi connectivity index (χ4n) is 2.34. The predicted molar refractivity (Wildman–Crippen MR) is 60.7 cm³/mol. The number of hydrogen-bond acceptors (Lipinski definition) is 3. The van der Waals surface area contributed by atoms with Crippen molar-refractivity contribution in [3.63, 3.8) is 0 Å². The summed E-state index contributed by atoms with van der Waals surface area (Å²) >= 11 is 0. The SMILES string of the molecule is FC(F)(F)C1CCCC(NCc2ccncn2)C1. The summed E-state index contributed by atoms with van der Waals surface area (Å²) in [4.78, 5) is 7.83. The van der Waals surface area contributed by atoms with Crippen molar-refractivity contribution in [1.29, 1.82) is 0 Å². The van der Waals surface area contributed by atoms with Gasteiger partial charge in [0.05, 0.1) is 11.6 Å². The lowest BCUT2D eigenvalue weighted by Crippen LogP contribution is -2.38. The van der Waals surface area contributed by atoms with Crippen molar-refractivity contribution >= 4 is 0 Å². The van der Waals surface area contributed by atoms with E-state index in [1.165, 1.54) is 6.33 Å². The van der Waals surface area contributed by atoms with E-state index in [1.54, 1.807) is 12.3 Å². The predicted octanol–water partition coefficient (Wildman–Crippen LogP) is 2.69. The first-order chi connectivity index (χ1) is 8.55. The Kier molecular flexibility index (Phi) is 4.16. The molecule has 1 heterocycles. The van der Waals surface area contributed by atoms with Crippen molar-refractivity contribution in [1.82, 2.24) is 15.3 Å². The van der Waals surface area contributed by atoms with E-state index >= 15 is 0 Å². The molecule has 0 bridgehead atoms. The van der Waals surface area contributed by atoms with Gasteiger partial charge in [-0.25, -0.2) is 9.97 Å². The van der Waals surface area contributed by atoms with Gasteiger partial charge in [0.2, 0.25) is 0 Å². The highest BCUT2D eigenvalue weighted by atomic mass is 19.4. The molecule has 1 fully saturated rings. The Balaban J connectivity index is 1.83. The average Bonchev–Trinajstić information content (AvgIpc) is 2.37. The first-order valence-electron chi connectivity index (χ1n) is 6.10. The molecule has 100 valence electrons. The molecule has 1 aromatic rings. The van der Waals surface area contributed by atoms with E-state index in [2.05, 4.69) is 15.3 Å². The zero-order valence-electron chi connectivity index (χ0n) is 9.95. The Hall–Kier alpha value is -1.17. The third-order valence-electron chi connectivity index (χ3n) is 3.35. The van der Waals surface area contributed by atoms with Crippen LogP contribution >= 0.6 is 0 Å². The van der Waals surface area contributed by atoms with E-state index in [-0.39, 0.29) is 18.9 Å². The molecule has 18 heavy (non-hydrogen) atoms. The Morgan fingerprint density at radius 1 is 1.33 bits per heavy atom. The highest BCUT2D eigenvalue weighted by Gasteiger charge is 2.41. The summed E-state index contributed by atoms with van der Waals surface area (Å²) in [5, 5.41) is 3.15. The fourth-order valence-corrected chi connectivity index (χ4v) is 2.34. The number of rotatable bonds is 3. The Bertz CT molecular complexity index is 367. The van der Waals surface area contributed by atoms with Crippen molar-refractivity contribution in [2.45, 2.75) is 44.4 Å². The maximum atomic E-state index is 12.6. The highest BCUT2D eigenvalue weighted by Crippen LogP contribution is 2.37. The van der Waals surface area contributed by atoms with Crippen LogP contribution in [-0.2, 0) is 6.54 Å². The zero-order chi connectivity index (χ0) is 13.0. The highest BCUT2D eigenvalue weighted by molar-refractivity contribution is 4.97. The Morgan fingerprint density at radius 3 is 2.83 bits per heavy atom. The third kappa shape index (κ3) is 3.66. The number of alkyl halides is 3. The number of aromatic nitrogens is 2. The lowest BCUT2D eigenvalue weighted by molar-refractivity contribution is -0.183. The van der Waals surface area contributed by atoms with E-state index in [9.17, 15) is 13.2 Å². The molecule has 3 nitrogen and oxygen atoms in total. The molecule has 1 N–H and O–H groups in total. The first kappa shape index (κ1) is 13.3. The van der Waals surface area contributed by atoms with Crippen LogP contribution < -0.4 is 5.32 Å². The quantitative estimate of drug-likeness (QED) is 0.907. The second-order valence-electron chi connectivity index (χ2n) is 4.68. The summed E-state index contributed by atoms with van der Waals surface area (Å²) in [6.07, 6.45) is 0.877. The summed E-state index contributed by atoms with van der Waals surface area (Å²) in [5.74, 6) is -1.16. The van der Waals surface area contributed by atoms with E-state index < -0.39 is 12.1 Å². The summed E-state index contributed by atoms with van der Waals surface area (Å²) in [6.45, 7) is 0.498. The lowest BCUT2D eigenvalue weighted by atomic mass is 9.85. The van der Waals surface area contributed by atoms with Gasteiger partial charge in [-0.05, 0) is 25.3 Å². The summed E-state index contributed by atoms with van der Waals surface area (Å²) < 4.78 is 37.9. The molecule has 0 aliphatic heterocycles. The molecule has 0 aromatic carbocycles. The lowest BCUT2D eigenvalue weighted by Gasteiger charge is -2.31. The van der Waals surface area contributed by atoms with Crippen molar-refractivity contribution in [2.24, 2.45) is 5.92 Å². The Labute approximate surface area is 104 Å². The molecular formula is C12H16F3N3. The summed E-state index contributed by atoms with van der Waals surface area (Å²) in [6, 6.07) is 1.69. The van der Waals surface area contributed by atoms with Crippen LogP contribution in [0.4, 0.5) is 13.2 Å². The standard InChI is InChI=1S/C12H16F3N3/c13-12(14,15)9-2-1-3-10(6-9)17-7-11-4-5-16-8-18-11/h4-5,8-10,17H,1-3,6-7H2. The van der Waals surface area contributed by atoms with Gasteiger partial charge >= 0.3 is 6.18 Å². The van der Waals surface area contributed by atoms with Crippen molar-refractivity contribution in [2.75, 3.05) is 0 Å². The zero-order valence-corrected chi connectivity index (χ0v) is 9.95. The maximum absolute atomic E-state index is 12.6. The topological polar surface area (TPSA) is 37.8 Å². The molecule has 6 heteroatoms. The molecule has 2 rings (SSSR count). The number of hydrogen-bond donors (Lipinski definition) is 1. The molecule has 0 radical (unpaired) electrons. The number of halogens is 3. The largest absolute Gasteiger partial charge is 0.391 e. The second-order valence-corrected chi connectivity index (χ2v) is 4.68. The van der Waals surface area contributed by atoms with Gasteiger partial charge in [0, 0.05) is 18.8 Å². The second kappa shape index (κ2) is 5.65. The average molecular weight is 259 g/mol. The van der Waals surface area contributed by atoms with E-state index in [0.29, 0.717) is 13.0 Å². The molecule has 1 aromatic heterocycles. The molecule has 2 unspecified atom stereocenters. The van der Waals surface area contributed by atoms with Gasteiger partial charge in [0.25, 0.3) is 0 Å². The third-order valence-corrected chi connectivity index (χ3v) is 3.35. The van der Waals surface area contributed by atoms with Crippen LogP contribution in [-0.4, -0.2) is 22.2 Å². The van der Waals surface area contributed by atoms with Crippen LogP contribution in [0.2, 0.25) is 0 Å². The molecule has 0 saturated heterocycles. The minimum atomic E-state index is -4.06. The van der Waals surface area contributed by atoms with E-state index in [0.717, 1.165) is 12.1 Å². The van der Waals surface area contributed by atoms with Crippen LogP contribution in [0.1, 0.15) is 31.4 Å². The van der Waals surface area contributed by atoms with Gasteiger partial charge in [-0.3, -0.25) is 0 Å². The summed E-state index contributed by atoms with van der Waals surface area (Å²) in [5.41, 5.74) is 0.805. The minimum absolute atomic E-state index is 0.0691. The van der Waals surface area contributed by atoms with Gasteiger partial charge in [0.15, 0.2) is 0 Å². The van der Waals surface area contributed by atoms with Crippen LogP contribution in [0.25, 0.3) is 0 Å². The van der Waals surface area contributed by atoms with Gasteiger partial charge in [-0.1, -0.05) is 6.42 Å². The van der Waals surface area contributed by atoms with Crippen LogP contribution in [0, 0.1) is 5.92 Å². The molecule has 1 aliphatic rings. The van der Waals surface area contributed by atoms with Gasteiger partial charge in [-0.2, -0.15) is 13.2 Å². The monoisotopic (exact) mass is 259 g/mol. The number of nitrogens with zero attached hydrogens (tertiary/aromatic N) is 2. The smallest absolute Gasteiger partial charge is 0.308 e. The van der Waals surface area contributed by atoms with E-state index in [4.69, 9.17) is 0 Å². The molecule has 1 saturated carbocycles.